The highest BCUT2D eigenvalue weighted by Gasteiger charge is 2.54. The van der Waals surface area contributed by atoms with Gasteiger partial charge in [-0.25, -0.2) is 19.6 Å². The first-order valence-electron chi connectivity index (χ1n) is 13.0. The summed E-state index contributed by atoms with van der Waals surface area (Å²) >= 11 is 0.947. The lowest BCUT2D eigenvalue weighted by Gasteiger charge is -2.28. The zero-order valence-corrected chi connectivity index (χ0v) is 24.7. The van der Waals surface area contributed by atoms with Crippen molar-refractivity contribution in [2.45, 2.75) is 57.8 Å². The number of aliphatic hydroxyl groups excluding tert-OH is 2. The van der Waals surface area contributed by atoms with Crippen LogP contribution in [0.3, 0.4) is 0 Å². The van der Waals surface area contributed by atoms with Gasteiger partial charge in [0.1, 0.15) is 17.8 Å². The highest BCUT2D eigenvalue weighted by atomic mass is 32.2. The van der Waals surface area contributed by atoms with Gasteiger partial charge in [0.15, 0.2) is 28.6 Å². The molecule has 0 bridgehead atoms. The smallest absolute Gasteiger partial charge is 0.395 e. The van der Waals surface area contributed by atoms with Gasteiger partial charge in [-0.3, -0.25) is 23.2 Å². The fourth-order valence-electron chi connectivity index (χ4n) is 4.18. The maximum Gasteiger partial charge on any atom is 0.405 e. The molecule has 1 saturated heterocycles. The number of hydrogen-bond acceptors (Lipinski definition) is 12. The Bertz CT molecular complexity index is 1320. The minimum Gasteiger partial charge on any atom is -0.395 e. The van der Waals surface area contributed by atoms with Gasteiger partial charge >= 0.3 is 7.75 Å². The van der Waals surface area contributed by atoms with Gasteiger partial charge in [0, 0.05) is 24.9 Å². The van der Waals surface area contributed by atoms with Crippen LogP contribution in [-0.4, -0.2) is 85.4 Å². The Kier molecular flexibility index (Phi) is 10.00. The lowest BCUT2D eigenvalue weighted by atomic mass is 9.96. The Morgan fingerprint density at radius 1 is 1.32 bits per heavy atom. The lowest BCUT2D eigenvalue weighted by Crippen LogP contribution is -2.44. The number of nitrogens with zero attached hydrogens (tertiary/aromatic N) is 3. The predicted molar refractivity (Wildman–Crippen MR) is 151 cm³/mol. The molecule has 0 spiro atoms. The van der Waals surface area contributed by atoms with Gasteiger partial charge in [-0.15, -0.1) is 0 Å². The average molecular weight is 611 g/mol. The summed E-state index contributed by atoms with van der Waals surface area (Å²) in [5.41, 5.74) is -1.80. The van der Waals surface area contributed by atoms with Crippen LogP contribution in [0.4, 0.5) is 5.82 Å². The summed E-state index contributed by atoms with van der Waals surface area (Å²) in [6.45, 7) is 3.92. The summed E-state index contributed by atoms with van der Waals surface area (Å²) in [6.07, 6.45) is -0.903. The minimum atomic E-state index is -4.00. The van der Waals surface area contributed by atoms with Crippen molar-refractivity contribution < 1.29 is 43.3 Å². The van der Waals surface area contributed by atoms with E-state index in [9.17, 15) is 29.5 Å². The number of ether oxygens (including phenoxy) is 1. The summed E-state index contributed by atoms with van der Waals surface area (Å²) in [7, 11) is -4.00. The molecule has 5 atom stereocenters. The molecule has 2 aliphatic rings. The van der Waals surface area contributed by atoms with Crippen molar-refractivity contribution >= 4 is 42.4 Å². The van der Waals surface area contributed by atoms with Crippen LogP contribution in [0, 0.1) is 5.41 Å². The van der Waals surface area contributed by atoms with Gasteiger partial charge in [0.2, 0.25) is 0 Å². The molecular formula is C26H35N4O9PS. The molecule has 2 aliphatic heterocycles. The van der Waals surface area contributed by atoms with E-state index in [1.807, 2.05) is 30.3 Å². The third-order valence-electron chi connectivity index (χ3n) is 6.78. The largest absolute Gasteiger partial charge is 0.405 e. The Labute approximate surface area is 241 Å². The van der Waals surface area contributed by atoms with Crippen LogP contribution in [0.2, 0.25) is 0 Å². The molecule has 1 unspecified atom stereocenters. The Morgan fingerprint density at radius 2 is 2.05 bits per heavy atom. The number of imidazole rings is 1. The van der Waals surface area contributed by atoms with E-state index in [-0.39, 0.29) is 54.3 Å². The number of Topliss-reactive ketones (excluding diaryl/α,β-unsaturated/α-hetero) is 1. The molecule has 224 valence electrons. The number of carbonyl (C=O) groups excluding carboxylic acids is 2. The molecule has 3 heterocycles. The van der Waals surface area contributed by atoms with Gasteiger partial charge in [-0.1, -0.05) is 42.1 Å². The van der Waals surface area contributed by atoms with Crippen LogP contribution >= 0.6 is 19.5 Å². The summed E-state index contributed by atoms with van der Waals surface area (Å²) in [4.78, 5) is 32.8. The van der Waals surface area contributed by atoms with Crippen molar-refractivity contribution in [3.8, 4) is 0 Å². The van der Waals surface area contributed by atoms with Crippen LogP contribution in [0.1, 0.15) is 49.5 Å². The van der Waals surface area contributed by atoms with Crippen molar-refractivity contribution in [2.24, 2.45) is 10.4 Å². The molecule has 1 fully saturated rings. The molecule has 0 radical (unpaired) electrons. The molecule has 0 aliphatic carbocycles. The van der Waals surface area contributed by atoms with Crippen molar-refractivity contribution in [2.75, 3.05) is 25.6 Å². The third-order valence-corrected chi connectivity index (χ3v) is 9.53. The van der Waals surface area contributed by atoms with Crippen LogP contribution < -0.4 is 5.09 Å². The number of hydrogen-bond donors (Lipinski definition) is 4. The zero-order chi connectivity index (χ0) is 29.8. The molecular weight excluding hydrogens is 575 g/mol. The molecule has 13 nitrogen and oxygen atoms in total. The highest BCUT2D eigenvalue weighted by molar-refractivity contribution is 8.13. The van der Waals surface area contributed by atoms with Crippen molar-refractivity contribution in [1.29, 1.82) is 0 Å². The minimum absolute atomic E-state index is 0.112. The van der Waals surface area contributed by atoms with E-state index < -0.39 is 43.8 Å². The second-order valence-electron chi connectivity index (χ2n) is 10.6. The Balaban J connectivity index is 1.43. The van der Waals surface area contributed by atoms with E-state index in [1.165, 1.54) is 24.0 Å². The van der Waals surface area contributed by atoms with Gasteiger partial charge in [-0.2, -0.15) is 0 Å². The number of benzene rings is 1. The van der Waals surface area contributed by atoms with Gasteiger partial charge in [0.25, 0.3) is 0 Å². The second-order valence-corrected chi connectivity index (χ2v) is 13.5. The van der Waals surface area contributed by atoms with E-state index in [0.717, 1.165) is 17.3 Å². The first-order valence-corrected chi connectivity index (χ1v) is 15.6. The first-order chi connectivity index (χ1) is 19.4. The first kappa shape index (κ1) is 31.7. The van der Waals surface area contributed by atoms with E-state index in [4.69, 9.17) is 13.8 Å². The number of aromatic nitrogens is 2. The number of carbonyl (C=O) groups is 2. The number of ketones is 1. The predicted octanol–water partition coefficient (Wildman–Crippen LogP) is 2.39. The van der Waals surface area contributed by atoms with Gasteiger partial charge in [0.05, 0.1) is 31.6 Å². The number of fused-ring (bicyclic) bond motifs is 1. The number of aliphatic hydroxyl groups is 3. The summed E-state index contributed by atoms with van der Waals surface area (Å²) < 4.78 is 32.3. The molecule has 1 aromatic carbocycles. The normalized spacial score (nSPS) is 25.7. The summed E-state index contributed by atoms with van der Waals surface area (Å²) in [6, 6.07) is 9.15. The number of rotatable bonds is 13. The Hall–Kier alpha value is -2.26. The topological polar surface area (TPSA) is 182 Å². The maximum absolute atomic E-state index is 13.7. The molecule has 2 aromatic rings. The fourth-order valence-corrected chi connectivity index (χ4v) is 6.42. The van der Waals surface area contributed by atoms with Crippen molar-refractivity contribution in [3.05, 3.63) is 47.9 Å². The van der Waals surface area contributed by atoms with Crippen LogP contribution in [0.15, 0.2) is 41.7 Å². The monoisotopic (exact) mass is 610 g/mol. The van der Waals surface area contributed by atoms with Crippen molar-refractivity contribution in [1.82, 2.24) is 14.6 Å². The van der Waals surface area contributed by atoms with Crippen LogP contribution in [0.5, 0.6) is 0 Å². The highest BCUT2D eigenvalue weighted by Crippen LogP contribution is 2.47. The SMILES string of the molecule is CC(C)(CO)C(=O)SCCOP(=O)(NCc1ccccc1)OC[C@H]1O[C@@H](n2cnc3c2N=CCC3=O)[C@](C)(O)[C@@H]1O. The lowest BCUT2D eigenvalue weighted by molar-refractivity contribution is -0.119. The molecule has 4 rings (SSSR count). The third kappa shape index (κ3) is 7.22. The molecule has 0 amide bonds. The maximum atomic E-state index is 13.7. The average Bonchev–Trinajstić information content (AvgIpc) is 3.48. The number of thioether (sulfide) groups is 1. The number of aliphatic imine (C=N–C) groups is 1. The second kappa shape index (κ2) is 12.9. The molecule has 4 N–H and O–H groups in total. The van der Waals surface area contributed by atoms with E-state index in [0.29, 0.717) is 0 Å². The van der Waals surface area contributed by atoms with Crippen LogP contribution in [0.25, 0.3) is 0 Å². The van der Waals surface area contributed by atoms with Gasteiger partial charge in [-0.05, 0) is 26.3 Å². The molecule has 0 saturated carbocycles. The summed E-state index contributed by atoms with van der Waals surface area (Å²) in [5.74, 6) is 0.136. The summed E-state index contributed by atoms with van der Waals surface area (Å²) in [5, 5.41) is 34.0. The van der Waals surface area contributed by atoms with Crippen LogP contribution in [-0.2, 0) is 29.7 Å². The Morgan fingerprint density at radius 3 is 2.76 bits per heavy atom. The van der Waals surface area contributed by atoms with Crippen molar-refractivity contribution in [3.63, 3.8) is 0 Å². The quantitative estimate of drug-likeness (QED) is 0.192. The number of nitrogens with one attached hydrogen (secondary N) is 1. The standard InChI is InChI=1S/C26H35N4O9PS/c1-25(2,15-31)24(34)41-12-11-37-40(36,29-13-17-7-5-4-6-8-17)38-14-19-21(33)26(3,35)23(39-19)30-16-28-20-18(32)9-10-27-22(20)30/h4-8,10,16,19,21,23,31,33,35H,9,11-15H2,1-3H3,(H,29,36)/t19-,21-,23-,26-,40?/m1/s1. The molecule has 1 aromatic heterocycles. The van der Waals surface area contributed by atoms with E-state index in [2.05, 4.69) is 15.1 Å². The zero-order valence-electron chi connectivity index (χ0n) is 23.0. The van der Waals surface area contributed by atoms with Gasteiger partial charge < -0.3 is 20.1 Å². The van der Waals surface area contributed by atoms with E-state index in [1.54, 1.807) is 13.8 Å². The van der Waals surface area contributed by atoms with E-state index >= 15 is 0 Å². The fraction of sp³-hybridized carbons (Fsp3) is 0.538. The molecule has 15 heteroatoms. The molecule has 41 heavy (non-hydrogen) atoms.